The van der Waals surface area contributed by atoms with Gasteiger partial charge in [-0.2, -0.15) is 0 Å². The van der Waals surface area contributed by atoms with Gasteiger partial charge in [0, 0.05) is 5.56 Å². The van der Waals surface area contributed by atoms with E-state index in [0.29, 0.717) is 16.9 Å². The van der Waals surface area contributed by atoms with E-state index in [1.165, 1.54) is 37.5 Å². The highest BCUT2D eigenvalue weighted by Gasteiger charge is 2.13. The number of benzene rings is 3. The van der Waals surface area contributed by atoms with Crippen LogP contribution < -0.4 is 9.47 Å². The molecule has 5 heteroatoms. The number of halogens is 1. The van der Waals surface area contributed by atoms with Crippen molar-refractivity contribution in [3.8, 4) is 11.5 Å². The van der Waals surface area contributed by atoms with Crippen LogP contribution in [0.3, 0.4) is 0 Å². The van der Waals surface area contributed by atoms with Crippen molar-refractivity contribution in [2.75, 3.05) is 7.11 Å². The molecule has 0 fully saturated rings. The Morgan fingerprint density at radius 2 is 1.52 bits per heavy atom. The normalized spacial score (nSPS) is 10.7. The number of hydrogen-bond acceptors (Lipinski definition) is 4. The lowest BCUT2D eigenvalue weighted by atomic mass is 10.1. The minimum Gasteiger partial charge on any atom is -0.493 e. The van der Waals surface area contributed by atoms with Crippen molar-refractivity contribution < 1.29 is 23.5 Å². The number of esters is 1. The van der Waals surface area contributed by atoms with Crippen LogP contribution in [0, 0.1) is 12.7 Å². The molecule has 0 N–H and O–H groups in total. The molecule has 0 saturated carbocycles. The van der Waals surface area contributed by atoms with Gasteiger partial charge >= 0.3 is 5.97 Å². The molecule has 3 rings (SSSR count). The Morgan fingerprint density at radius 3 is 2.17 bits per heavy atom. The molecule has 0 atom stereocenters. The zero-order chi connectivity index (χ0) is 20.8. The smallest absolute Gasteiger partial charge is 0.343 e. The van der Waals surface area contributed by atoms with Gasteiger partial charge in [0.1, 0.15) is 5.82 Å². The standard InChI is InChI=1S/C24H19FO4/c1-16-3-7-18(8-4-16)21(26)13-5-17-6-14-22(23(15-17)28-2)29-24(27)19-9-11-20(25)12-10-19/h3-15H,1-2H3/b13-5+. The molecule has 0 radical (unpaired) electrons. The van der Waals surface area contributed by atoms with Gasteiger partial charge in [-0.15, -0.1) is 0 Å². The molecule has 29 heavy (non-hydrogen) atoms. The topological polar surface area (TPSA) is 52.6 Å². The van der Waals surface area contributed by atoms with E-state index in [1.807, 2.05) is 19.1 Å². The van der Waals surface area contributed by atoms with Gasteiger partial charge in [-0.25, -0.2) is 9.18 Å². The second-order valence-electron chi connectivity index (χ2n) is 6.37. The van der Waals surface area contributed by atoms with Crippen molar-refractivity contribution in [1.82, 2.24) is 0 Å². The Balaban J connectivity index is 1.74. The minimum absolute atomic E-state index is 0.115. The SMILES string of the molecule is COc1cc(/C=C/C(=O)c2ccc(C)cc2)ccc1OC(=O)c1ccc(F)cc1. The third-order valence-electron chi connectivity index (χ3n) is 4.23. The quantitative estimate of drug-likeness (QED) is 0.249. The highest BCUT2D eigenvalue weighted by Crippen LogP contribution is 2.29. The summed E-state index contributed by atoms with van der Waals surface area (Å²) in [6.07, 6.45) is 3.14. The van der Waals surface area contributed by atoms with Crippen LogP contribution in [0.4, 0.5) is 4.39 Å². The maximum Gasteiger partial charge on any atom is 0.343 e. The van der Waals surface area contributed by atoms with Crippen molar-refractivity contribution >= 4 is 17.8 Å². The Bertz CT molecular complexity index is 1050. The van der Waals surface area contributed by atoms with E-state index >= 15 is 0 Å². The van der Waals surface area contributed by atoms with Crippen molar-refractivity contribution in [3.05, 3.63) is 101 Å². The van der Waals surface area contributed by atoms with Crippen LogP contribution in [0.5, 0.6) is 11.5 Å². The molecule has 0 heterocycles. The molecule has 0 unspecified atom stereocenters. The summed E-state index contributed by atoms with van der Waals surface area (Å²) < 4.78 is 23.6. The number of carbonyl (C=O) groups is 2. The number of ketones is 1. The molecule has 0 saturated heterocycles. The molecule has 0 spiro atoms. The summed E-state index contributed by atoms with van der Waals surface area (Å²) >= 11 is 0. The summed E-state index contributed by atoms with van der Waals surface area (Å²) in [5.41, 5.74) is 2.62. The van der Waals surface area contributed by atoms with E-state index < -0.39 is 11.8 Å². The van der Waals surface area contributed by atoms with Crippen LogP contribution in [-0.4, -0.2) is 18.9 Å². The van der Waals surface area contributed by atoms with Crippen LogP contribution in [0.2, 0.25) is 0 Å². The fourth-order valence-electron chi connectivity index (χ4n) is 2.60. The molecule has 0 aromatic heterocycles. The molecule has 146 valence electrons. The number of allylic oxidation sites excluding steroid dienone is 1. The van der Waals surface area contributed by atoms with E-state index in [9.17, 15) is 14.0 Å². The lowest BCUT2D eigenvalue weighted by Crippen LogP contribution is -2.09. The maximum absolute atomic E-state index is 13.0. The molecule has 0 aliphatic heterocycles. The predicted molar refractivity (Wildman–Crippen MR) is 109 cm³/mol. The largest absolute Gasteiger partial charge is 0.493 e. The third-order valence-corrected chi connectivity index (χ3v) is 4.23. The van der Waals surface area contributed by atoms with Gasteiger partial charge in [0.2, 0.25) is 0 Å². The average Bonchev–Trinajstić information content (AvgIpc) is 2.73. The van der Waals surface area contributed by atoms with E-state index in [2.05, 4.69) is 0 Å². The Kier molecular flexibility index (Phi) is 6.19. The Hall–Kier alpha value is -3.73. The van der Waals surface area contributed by atoms with Gasteiger partial charge < -0.3 is 9.47 Å². The second kappa shape index (κ2) is 8.97. The van der Waals surface area contributed by atoms with Crippen molar-refractivity contribution in [2.24, 2.45) is 0 Å². The summed E-state index contributed by atoms with van der Waals surface area (Å²) in [5, 5.41) is 0. The van der Waals surface area contributed by atoms with Crippen molar-refractivity contribution in [1.29, 1.82) is 0 Å². The number of ether oxygens (including phenoxy) is 2. The van der Waals surface area contributed by atoms with Crippen LogP contribution in [-0.2, 0) is 0 Å². The van der Waals surface area contributed by atoms with Gasteiger partial charge in [-0.1, -0.05) is 42.0 Å². The molecule has 3 aromatic carbocycles. The Morgan fingerprint density at radius 1 is 0.862 bits per heavy atom. The van der Waals surface area contributed by atoms with Crippen LogP contribution in [0.15, 0.2) is 72.8 Å². The zero-order valence-corrected chi connectivity index (χ0v) is 16.0. The lowest BCUT2D eigenvalue weighted by Gasteiger charge is -2.10. The molecule has 0 aliphatic carbocycles. The summed E-state index contributed by atoms with van der Waals surface area (Å²) in [5.74, 6) is -0.610. The van der Waals surface area contributed by atoms with Crippen LogP contribution in [0.25, 0.3) is 6.08 Å². The van der Waals surface area contributed by atoms with Crippen molar-refractivity contribution in [3.63, 3.8) is 0 Å². The van der Waals surface area contributed by atoms with Crippen LogP contribution >= 0.6 is 0 Å². The number of carbonyl (C=O) groups excluding carboxylic acids is 2. The fourth-order valence-corrected chi connectivity index (χ4v) is 2.60. The summed E-state index contributed by atoms with van der Waals surface area (Å²) in [6, 6.07) is 17.3. The predicted octanol–water partition coefficient (Wildman–Crippen LogP) is 5.26. The number of methoxy groups -OCH3 is 1. The highest BCUT2D eigenvalue weighted by atomic mass is 19.1. The van der Waals surface area contributed by atoms with Crippen LogP contribution in [0.1, 0.15) is 31.8 Å². The third kappa shape index (κ3) is 5.17. The molecule has 0 amide bonds. The highest BCUT2D eigenvalue weighted by molar-refractivity contribution is 6.06. The summed E-state index contributed by atoms with van der Waals surface area (Å²) in [6.45, 7) is 1.96. The Labute approximate surface area is 168 Å². The summed E-state index contributed by atoms with van der Waals surface area (Å²) in [7, 11) is 1.45. The molecular weight excluding hydrogens is 371 g/mol. The number of aryl methyl sites for hydroxylation is 1. The summed E-state index contributed by atoms with van der Waals surface area (Å²) in [4.78, 5) is 24.5. The first-order chi connectivity index (χ1) is 14.0. The van der Waals surface area contributed by atoms with Crippen molar-refractivity contribution in [2.45, 2.75) is 6.92 Å². The van der Waals surface area contributed by atoms with E-state index in [4.69, 9.17) is 9.47 Å². The molecule has 4 nitrogen and oxygen atoms in total. The molecule has 0 bridgehead atoms. The minimum atomic E-state index is -0.624. The fraction of sp³-hybridized carbons (Fsp3) is 0.0833. The first kappa shape index (κ1) is 20.0. The second-order valence-corrected chi connectivity index (χ2v) is 6.37. The molecule has 0 aliphatic rings. The first-order valence-electron chi connectivity index (χ1n) is 8.91. The van der Waals surface area contributed by atoms with E-state index in [1.54, 1.807) is 36.4 Å². The van der Waals surface area contributed by atoms with Gasteiger partial charge in [-0.05, 0) is 55.0 Å². The molecule has 3 aromatic rings. The van der Waals surface area contributed by atoms with Gasteiger partial charge in [0.15, 0.2) is 17.3 Å². The van der Waals surface area contributed by atoms with E-state index in [-0.39, 0.29) is 17.1 Å². The maximum atomic E-state index is 13.0. The average molecular weight is 390 g/mol. The van der Waals surface area contributed by atoms with Gasteiger partial charge in [-0.3, -0.25) is 4.79 Å². The monoisotopic (exact) mass is 390 g/mol. The lowest BCUT2D eigenvalue weighted by molar-refractivity contribution is 0.0729. The molecular formula is C24H19FO4. The zero-order valence-electron chi connectivity index (χ0n) is 16.0. The number of hydrogen-bond donors (Lipinski definition) is 0. The van der Waals surface area contributed by atoms with Gasteiger partial charge in [0.05, 0.1) is 12.7 Å². The first-order valence-corrected chi connectivity index (χ1v) is 8.91. The van der Waals surface area contributed by atoms with Gasteiger partial charge in [0.25, 0.3) is 0 Å². The number of rotatable bonds is 6. The van der Waals surface area contributed by atoms with E-state index in [0.717, 1.165) is 5.56 Å².